The van der Waals surface area contributed by atoms with Crippen molar-refractivity contribution in [2.24, 2.45) is 11.8 Å². The van der Waals surface area contributed by atoms with Crippen molar-refractivity contribution in [1.29, 1.82) is 0 Å². The number of ether oxygens (including phenoxy) is 2. The smallest absolute Gasteiger partial charge is 0.310 e. The second-order valence-electron chi connectivity index (χ2n) is 5.06. The third-order valence-corrected chi connectivity index (χ3v) is 3.82. The van der Waals surface area contributed by atoms with E-state index in [-0.39, 0.29) is 5.91 Å². The first-order chi connectivity index (χ1) is 10.1. The van der Waals surface area contributed by atoms with E-state index in [1.54, 1.807) is 36.4 Å². The predicted octanol–water partition coefficient (Wildman–Crippen LogP) is 1.29. The third kappa shape index (κ3) is 2.38. The molecule has 2 bridgehead atoms. The van der Waals surface area contributed by atoms with Crippen LogP contribution in [0.1, 0.15) is 0 Å². The van der Waals surface area contributed by atoms with Gasteiger partial charge in [-0.3, -0.25) is 9.59 Å². The number of hydrogen-bond acceptors (Lipinski definition) is 4. The molecule has 1 amide bonds. The summed E-state index contributed by atoms with van der Waals surface area (Å²) >= 11 is 0. The highest BCUT2D eigenvalue weighted by atomic mass is 16.5. The molecule has 3 rings (SSSR count). The van der Waals surface area contributed by atoms with Crippen molar-refractivity contribution in [3.8, 4) is 5.75 Å². The van der Waals surface area contributed by atoms with Crippen LogP contribution in [0.5, 0.6) is 5.75 Å². The lowest BCUT2D eigenvalue weighted by Crippen LogP contribution is -2.39. The summed E-state index contributed by atoms with van der Waals surface area (Å²) in [5.74, 6) is -2.31. The molecule has 2 heterocycles. The van der Waals surface area contributed by atoms with Crippen molar-refractivity contribution in [2.45, 2.75) is 12.2 Å². The second-order valence-corrected chi connectivity index (χ2v) is 5.06. The highest BCUT2D eigenvalue weighted by Crippen LogP contribution is 2.39. The largest absolute Gasteiger partial charge is 0.497 e. The first kappa shape index (κ1) is 13.6. The number of carboxylic acids is 1. The summed E-state index contributed by atoms with van der Waals surface area (Å²) in [5.41, 5.74) is 0.565. The van der Waals surface area contributed by atoms with Crippen molar-refractivity contribution in [1.82, 2.24) is 0 Å². The molecule has 110 valence electrons. The highest BCUT2D eigenvalue weighted by molar-refractivity contribution is 5.96. The maximum absolute atomic E-state index is 12.4. The van der Waals surface area contributed by atoms with Crippen LogP contribution in [0.4, 0.5) is 5.69 Å². The number of carboxylic acid groups (broad SMARTS) is 1. The van der Waals surface area contributed by atoms with Crippen LogP contribution in [0.15, 0.2) is 36.4 Å². The minimum absolute atomic E-state index is 0.354. The number of hydrogen-bond donors (Lipinski definition) is 2. The van der Waals surface area contributed by atoms with Gasteiger partial charge in [-0.25, -0.2) is 0 Å². The molecule has 0 radical (unpaired) electrons. The van der Waals surface area contributed by atoms with Crippen LogP contribution in [-0.4, -0.2) is 36.3 Å². The zero-order chi connectivity index (χ0) is 15.0. The van der Waals surface area contributed by atoms with E-state index in [0.29, 0.717) is 11.4 Å². The summed E-state index contributed by atoms with van der Waals surface area (Å²) in [7, 11) is 1.54. The van der Waals surface area contributed by atoms with Gasteiger partial charge in [0.2, 0.25) is 5.91 Å². The Kier molecular flexibility index (Phi) is 3.39. The maximum atomic E-state index is 12.4. The summed E-state index contributed by atoms with van der Waals surface area (Å²) in [6.07, 6.45) is 2.47. The van der Waals surface area contributed by atoms with Crippen LogP contribution in [0.25, 0.3) is 0 Å². The molecule has 1 saturated heterocycles. The van der Waals surface area contributed by atoms with Crippen molar-refractivity contribution >= 4 is 17.6 Å². The number of carbonyl (C=O) groups is 2. The molecular formula is C15H15NO5. The number of anilines is 1. The number of aliphatic carboxylic acids is 1. The number of amides is 1. The molecular weight excluding hydrogens is 274 g/mol. The Hall–Kier alpha value is -2.34. The highest BCUT2D eigenvalue weighted by Gasteiger charge is 2.53. The minimum Gasteiger partial charge on any atom is -0.497 e. The van der Waals surface area contributed by atoms with E-state index in [0.717, 1.165) is 0 Å². The summed E-state index contributed by atoms with van der Waals surface area (Å²) in [6.45, 7) is 0. The molecule has 2 aliphatic heterocycles. The summed E-state index contributed by atoms with van der Waals surface area (Å²) in [6, 6.07) is 6.91. The fourth-order valence-electron chi connectivity index (χ4n) is 2.84. The van der Waals surface area contributed by atoms with Crippen LogP contribution in [0.3, 0.4) is 0 Å². The molecule has 0 aliphatic carbocycles. The number of rotatable bonds is 4. The topological polar surface area (TPSA) is 84.9 Å². The lowest BCUT2D eigenvalue weighted by atomic mass is 9.82. The van der Waals surface area contributed by atoms with Crippen LogP contribution in [0, 0.1) is 11.8 Å². The molecule has 2 aliphatic rings. The van der Waals surface area contributed by atoms with Crippen LogP contribution < -0.4 is 10.1 Å². The Labute approximate surface area is 121 Å². The Morgan fingerprint density at radius 1 is 1.24 bits per heavy atom. The van der Waals surface area contributed by atoms with Gasteiger partial charge in [0, 0.05) is 11.8 Å². The van der Waals surface area contributed by atoms with Crippen molar-refractivity contribution in [3.63, 3.8) is 0 Å². The monoisotopic (exact) mass is 289 g/mol. The molecule has 21 heavy (non-hydrogen) atoms. The van der Waals surface area contributed by atoms with Gasteiger partial charge in [0.1, 0.15) is 11.7 Å². The molecule has 6 heteroatoms. The van der Waals surface area contributed by atoms with Crippen molar-refractivity contribution in [3.05, 3.63) is 36.4 Å². The first-order valence-electron chi connectivity index (χ1n) is 6.61. The Morgan fingerprint density at radius 2 is 1.95 bits per heavy atom. The van der Waals surface area contributed by atoms with Crippen LogP contribution >= 0.6 is 0 Å². The van der Waals surface area contributed by atoms with E-state index < -0.39 is 30.0 Å². The molecule has 0 spiro atoms. The van der Waals surface area contributed by atoms with Crippen molar-refractivity contribution in [2.75, 3.05) is 12.4 Å². The van der Waals surface area contributed by atoms with Gasteiger partial charge in [-0.1, -0.05) is 18.2 Å². The average Bonchev–Trinajstić information content (AvgIpc) is 3.07. The Balaban J connectivity index is 1.78. The quantitative estimate of drug-likeness (QED) is 0.816. The van der Waals surface area contributed by atoms with Gasteiger partial charge in [-0.05, 0) is 12.1 Å². The lowest BCUT2D eigenvalue weighted by Gasteiger charge is -2.21. The molecule has 0 aromatic heterocycles. The van der Waals surface area contributed by atoms with Gasteiger partial charge in [0.05, 0.1) is 25.2 Å². The summed E-state index contributed by atoms with van der Waals surface area (Å²) < 4.78 is 10.6. The minimum atomic E-state index is -1.02. The molecule has 6 nitrogen and oxygen atoms in total. The normalized spacial score (nSPS) is 29.4. The van der Waals surface area contributed by atoms with Crippen LogP contribution in [-0.2, 0) is 14.3 Å². The van der Waals surface area contributed by atoms with Gasteiger partial charge >= 0.3 is 5.97 Å². The van der Waals surface area contributed by atoms with E-state index in [2.05, 4.69) is 5.32 Å². The maximum Gasteiger partial charge on any atom is 0.310 e. The lowest BCUT2D eigenvalue weighted by molar-refractivity contribution is -0.145. The fourth-order valence-corrected chi connectivity index (χ4v) is 2.84. The number of benzene rings is 1. The van der Waals surface area contributed by atoms with Crippen molar-refractivity contribution < 1.29 is 24.2 Å². The van der Waals surface area contributed by atoms with E-state index in [1.807, 2.05) is 0 Å². The number of nitrogens with one attached hydrogen (secondary N) is 1. The number of fused-ring (bicyclic) bond motifs is 2. The second kappa shape index (κ2) is 5.21. The summed E-state index contributed by atoms with van der Waals surface area (Å²) in [5, 5.41) is 12.0. The predicted molar refractivity (Wildman–Crippen MR) is 74.0 cm³/mol. The molecule has 0 unspecified atom stereocenters. The van der Waals surface area contributed by atoms with E-state index in [9.17, 15) is 14.7 Å². The van der Waals surface area contributed by atoms with E-state index >= 15 is 0 Å². The van der Waals surface area contributed by atoms with Gasteiger partial charge in [-0.15, -0.1) is 0 Å². The fraction of sp³-hybridized carbons (Fsp3) is 0.333. The van der Waals surface area contributed by atoms with Gasteiger partial charge in [0.15, 0.2) is 0 Å². The molecule has 2 N–H and O–H groups in total. The molecule has 1 aromatic carbocycles. The zero-order valence-corrected chi connectivity index (χ0v) is 11.4. The molecule has 0 saturated carbocycles. The average molecular weight is 289 g/mol. The SMILES string of the molecule is COc1cccc(NC(=O)[C@@H]2[C@@H](C(=O)O)[C@@H]3C=C[C@H]2O3)c1. The van der Waals surface area contributed by atoms with E-state index in [4.69, 9.17) is 9.47 Å². The van der Waals surface area contributed by atoms with Gasteiger partial charge < -0.3 is 19.9 Å². The Morgan fingerprint density at radius 3 is 2.62 bits per heavy atom. The third-order valence-electron chi connectivity index (χ3n) is 3.82. The van der Waals surface area contributed by atoms with E-state index in [1.165, 1.54) is 7.11 Å². The van der Waals surface area contributed by atoms with Crippen LogP contribution in [0.2, 0.25) is 0 Å². The molecule has 1 aromatic rings. The summed E-state index contributed by atoms with van der Waals surface area (Å²) in [4.78, 5) is 23.7. The molecule has 1 fully saturated rings. The zero-order valence-electron chi connectivity index (χ0n) is 11.4. The molecule has 4 atom stereocenters. The van der Waals surface area contributed by atoms with Gasteiger partial charge in [0.25, 0.3) is 0 Å². The Bertz CT molecular complexity index is 612. The first-order valence-corrected chi connectivity index (χ1v) is 6.61. The van der Waals surface area contributed by atoms with Gasteiger partial charge in [-0.2, -0.15) is 0 Å². The number of carbonyl (C=O) groups excluding carboxylic acids is 1. The number of methoxy groups -OCH3 is 1. The standard InChI is InChI=1S/C15H15NO5/c1-20-9-4-2-3-8(7-9)16-14(17)12-10-5-6-11(21-10)13(12)15(18)19/h2-7,10-13H,1H3,(H,16,17)(H,18,19)/t10-,11+,12+,13+/m1/s1.